The summed E-state index contributed by atoms with van der Waals surface area (Å²) in [5.74, 6) is -0.170. The molecule has 1 amide bonds. The molecule has 0 saturated carbocycles. The predicted molar refractivity (Wildman–Crippen MR) is 109 cm³/mol. The first kappa shape index (κ1) is 19.5. The van der Waals surface area contributed by atoms with E-state index in [1.54, 1.807) is 11.0 Å². The molecule has 0 atom stereocenters. The van der Waals surface area contributed by atoms with Gasteiger partial charge in [-0.1, -0.05) is 13.3 Å². The molecule has 29 heavy (non-hydrogen) atoms. The standard InChI is InChI=1S/C22H25NO6/c1-4-5-13-12-15(24)28-20-16(13)19-14(6-7-22(2,3)29-19)18(25)17(20)21(26)23-8-10-27-11-9-23/h6-7,12,25H,4-5,8-11H2,1-3H3. The third-order valence-corrected chi connectivity index (χ3v) is 5.28. The van der Waals surface area contributed by atoms with Gasteiger partial charge >= 0.3 is 5.63 Å². The highest BCUT2D eigenvalue weighted by Crippen LogP contribution is 2.46. The van der Waals surface area contributed by atoms with E-state index in [1.807, 2.05) is 26.8 Å². The van der Waals surface area contributed by atoms with E-state index in [0.717, 1.165) is 12.0 Å². The molecule has 0 bridgehead atoms. The van der Waals surface area contributed by atoms with Gasteiger partial charge in [-0.2, -0.15) is 0 Å². The molecule has 3 heterocycles. The van der Waals surface area contributed by atoms with Crippen molar-refractivity contribution in [3.05, 3.63) is 39.3 Å². The molecule has 1 aromatic heterocycles. The number of rotatable bonds is 3. The SMILES string of the molecule is CCCc1cc(=O)oc2c(C(=O)N3CCOCC3)c(O)c3c(c12)OC(C)(C)C=C3. The van der Waals surface area contributed by atoms with Crippen LogP contribution < -0.4 is 10.4 Å². The summed E-state index contributed by atoms with van der Waals surface area (Å²) in [4.78, 5) is 27.2. The number of aryl methyl sites for hydroxylation is 1. The second-order valence-corrected chi connectivity index (χ2v) is 7.95. The number of hydrogen-bond donors (Lipinski definition) is 1. The minimum absolute atomic E-state index is 0.00339. The maximum atomic E-state index is 13.3. The lowest BCUT2D eigenvalue weighted by Crippen LogP contribution is -2.41. The van der Waals surface area contributed by atoms with Crippen molar-refractivity contribution in [1.82, 2.24) is 4.90 Å². The first-order valence-electron chi connectivity index (χ1n) is 9.93. The Kier molecular flexibility index (Phi) is 4.86. The zero-order valence-electron chi connectivity index (χ0n) is 16.9. The minimum Gasteiger partial charge on any atom is -0.506 e. The highest BCUT2D eigenvalue weighted by atomic mass is 16.5. The normalized spacial score (nSPS) is 17.8. The van der Waals surface area contributed by atoms with Gasteiger partial charge in [0, 0.05) is 19.2 Å². The smallest absolute Gasteiger partial charge is 0.336 e. The quantitative estimate of drug-likeness (QED) is 0.798. The second-order valence-electron chi connectivity index (χ2n) is 7.95. The maximum Gasteiger partial charge on any atom is 0.336 e. The first-order valence-corrected chi connectivity index (χ1v) is 9.93. The molecule has 1 N–H and O–H groups in total. The Balaban J connectivity index is 2.05. The van der Waals surface area contributed by atoms with Gasteiger partial charge < -0.3 is 23.9 Å². The van der Waals surface area contributed by atoms with Gasteiger partial charge in [0.25, 0.3) is 5.91 Å². The number of aromatic hydroxyl groups is 1. The van der Waals surface area contributed by atoms with Crippen molar-refractivity contribution in [3.63, 3.8) is 0 Å². The molecule has 0 spiro atoms. The van der Waals surface area contributed by atoms with Crippen LogP contribution in [0.1, 0.15) is 48.7 Å². The summed E-state index contributed by atoms with van der Waals surface area (Å²) in [6, 6.07) is 1.45. The lowest BCUT2D eigenvalue weighted by molar-refractivity contribution is 0.0301. The summed E-state index contributed by atoms with van der Waals surface area (Å²) in [5, 5.41) is 11.6. The lowest BCUT2D eigenvalue weighted by Gasteiger charge is -2.31. The molecule has 1 fully saturated rings. The Hall–Kier alpha value is -2.80. The topological polar surface area (TPSA) is 89.2 Å². The van der Waals surface area contributed by atoms with Crippen LogP contribution in [-0.4, -0.2) is 47.8 Å². The number of carbonyl (C=O) groups is 1. The van der Waals surface area contributed by atoms with Crippen LogP contribution in [0.2, 0.25) is 0 Å². The molecular weight excluding hydrogens is 374 g/mol. The van der Waals surface area contributed by atoms with Gasteiger partial charge in [0.05, 0.1) is 24.2 Å². The van der Waals surface area contributed by atoms with Crippen molar-refractivity contribution < 1.29 is 23.8 Å². The third kappa shape index (κ3) is 3.40. The Morgan fingerprint density at radius 3 is 2.69 bits per heavy atom. The van der Waals surface area contributed by atoms with Crippen molar-refractivity contribution in [2.24, 2.45) is 0 Å². The van der Waals surface area contributed by atoms with E-state index in [9.17, 15) is 14.7 Å². The number of benzene rings is 1. The van der Waals surface area contributed by atoms with Crippen LogP contribution in [-0.2, 0) is 11.2 Å². The van der Waals surface area contributed by atoms with Crippen molar-refractivity contribution in [2.45, 2.75) is 39.2 Å². The summed E-state index contributed by atoms with van der Waals surface area (Å²) in [6.45, 7) is 7.50. The molecule has 0 aliphatic carbocycles. The summed E-state index contributed by atoms with van der Waals surface area (Å²) in [7, 11) is 0. The molecule has 1 aromatic carbocycles. The van der Waals surface area contributed by atoms with Crippen LogP contribution in [0.3, 0.4) is 0 Å². The molecule has 7 nitrogen and oxygen atoms in total. The van der Waals surface area contributed by atoms with E-state index in [4.69, 9.17) is 13.9 Å². The molecule has 0 radical (unpaired) electrons. The van der Waals surface area contributed by atoms with Crippen molar-refractivity contribution in [1.29, 1.82) is 0 Å². The molecule has 7 heteroatoms. The molecule has 154 valence electrons. The van der Waals surface area contributed by atoms with Crippen LogP contribution in [0.15, 0.2) is 21.4 Å². The molecule has 0 unspecified atom stereocenters. The second kappa shape index (κ2) is 7.22. The van der Waals surface area contributed by atoms with Gasteiger partial charge in [-0.15, -0.1) is 0 Å². The minimum atomic E-state index is -0.596. The summed E-state index contributed by atoms with van der Waals surface area (Å²) < 4.78 is 17.0. The maximum absolute atomic E-state index is 13.3. The zero-order valence-corrected chi connectivity index (χ0v) is 16.9. The predicted octanol–water partition coefficient (Wildman–Crippen LogP) is 3.11. The van der Waals surface area contributed by atoms with Crippen LogP contribution >= 0.6 is 0 Å². The molecular formula is C22H25NO6. The van der Waals surface area contributed by atoms with Crippen molar-refractivity contribution in [2.75, 3.05) is 26.3 Å². The number of hydrogen-bond acceptors (Lipinski definition) is 6. The van der Waals surface area contributed by atoms with Gasteiger partial charge in [0.2, 0.25) is 0 Å². The van der Waals surface area contributed by atoms with Crippen LogP contribution in [0.5, 0.6) is 11.5 Å². The number of carbonyl (C=O) groups excluding carboxylic acids is 1. The molecule has 2 aromatic rings. The average molecular weight is 399 g/mol. The Morgan fingerprint density at radius 1 is 1.28 bits per heavy atom. The Morgan fingerprint density at radius 2 is 2.00 bits per heavy atom. The molecule has 4 rings (SSSR count). The van der Waals surface area contributed by atoms with E-state index in [0.29, 0.717) is 49.4 Å². The Labute approximate surface area is 168 Å². The Bertz CT molecular complexity index is 1060. The van der Waals surface area contributed by atoms with Gasteiger partial charge in [-0.05, 0) is 38.0 Å². The monoisotopic (exact) mass is 399 g/mol. The number of phenols is 1. The van der Waals surface area contributed by atoms with Gasteiger partial charge in [-0.25, -0.2) is 4.79 Å². The third-order valence-electron chi connectivity index (χ3n) is 5.28. The highest BCUT2D eigenvalue weighted by Gasteiger charge is 2.34. The van der Waals surface area contributed by atoms with Crippen molar-refractivity contribution in [3.8, 4) is 11.5 Å². The van der Waals surface area contributed by atoms with Crippen LogP contribution in [0.25, 0.3) is 17.0 Å². The highest BCUT2D eigenvalue weighted by molar-refractivity contribution is 6.11. The number of phenolic OH excluding ortho intramolecular Hbond substituents is 1. The van der Waals surface area contributed by atoms with E-state index >= 15 is 0 Å². The van der Waals surface area contributed by atoms with Gasteiger partial charge in [0.15, 0.2) is 5.58 Å². The molecule has 1 saturated heterocycles. The van der Waals surface area contributed by atoms with Gasteiger partial charge in [0.1, 0.15) is 22.7 Å². The van der Waals surface area contributed by atoms with Gasteiger partial charge in [-0.3, -0.25) is 4.79 Å². The number of fused-ring (bicyclic) bond motifs is 3. The first-order chi connectivity index (χ1) is 13.8. The van der Waals surface area contributed by atoms with E-state index in [1.165, 1.54) is 6.07 Å². The number of nitrogens with zero attached hydrogens (tertiary/aromatic N) is 1. The summed E-state index contributed by atoms with van der Waals surface area (Å²) >= 11 is 0. The summed E-state index contributed by atoms with van der Waals surface area (Å²) in [6.07, 6.45) is 5.03. The average Bonchev–Trinajstić information content (AvgIpc) is 2.67. The number of ether oxygens (including phenoxy) is 2. The largest absolute Gasteiger partial charge is 0.506 e. The number of amides is 1. The lowest BCUT2D eigenvalue weighted by atomic mass is 9.93. The molecule has 2 aliphatic heterocycles. The van der Waals surface area contributed by atoms with E-state index in [2.05, 4.69) is 0 Å². The fourth-order valence-corrected chi connectivity index (χ4v) is 3.88. The summed E-state index contributed by atoms with van der Waals surface area (Å²) in [5.41, 5.74) is 0.115. The molecule has 2 aliphatic rings. The number of morpholine rings is 1. The van der Waals surface area contributed by atoms with Crippen molar-refractivity contribution >= 4 is 23.0 Å². The fraction of sp³-hybridized carbons (Fsp3) is 0.455. The fourth-order valence-electron chi connectivity index (χ4n) is 3.88. The van der Waals surface area contributed by atoms with Crippen LogP contribution in [0.4, 0.5) is 0 Å². The van der Waals surface area contributed by atoms with Crippen LogP contribution in [0, 0.1) is 0 Å². The van der Waals surface area contributed by atoms with E-state index < -0.39 is 11.2 Å². The zero-order chi connectivity index (χ0) is 20.8. The van der Waals surface area contributed by atoms with E-state index in [-0.39, 0.29) is 22.8 Å².